The van der Waals surface area contributed by atoms with Crippen molar-refractivity contribution in [1.82, 2.24) is 0 Å². The summed E-state index contributed by atoms with van der Waals surface area (Å²) in [5.41, 5.74) is 0.194. The molecule has 0 spiro atoms. The summed E-state index contributed by atoms with van der Waals surface area (Å²) in [6.07, 6.45) is -0.379. The Morgan fingerprint density at radius 3 is 2.35 bits per heavy atom. The lowest BCUT2D eigenvalue weighted by Gasteiger charge is -2.26. The summed E-state index contributed by atoms with van der Waals surface area (Å²) < 4.78 is 10.3. The van der Waals surface area contributed by atoms with E-state index in [4.69, 9.17) is 14.6 Å². The lowest BCUT2D eigenvalue weighted by molar-refractivity contribution is -0.139. The highest BCUT2D eigenvalue weighted by atomic mass is 16.5. The molecular weight excluding hydrogens is 260 g/mol. The molecule has 5 nitrogen and oxygen atoms in total. The van der Waals surface area contributed by atoms with E-state index in [2.05, 4.69) is 0 Å². The third kappa shape index (κ3) is 4.42. The van der Waals surface area contributed by atoms with Crippen LogP contribution < -0.4 is 9.47 Å². The van der Waals surface area contributed by atoms with Crippen LogP contribution in [0.2, 0.25) is 0 Å². The van der Waals surface area contributed by atoms with E-state index in [-0.39, 0.29) is 6.42 Å². The van der Waals surface area contributed by atoms with E-state index in [1.807, 2.05) is 13.8 Å². The van der Waals surface area contributed by atoms with Crippen LogP contribution in [0.3, 0.4) is 0 Å². The highest BCUT2D eigenvalue weighted by Crippen LogP contribution is 2.36. The van der Waals surface area contributed by atoms with E-state index in [0.717, 1.165) is 0 Å². The van der Waals surface area contributed by atoms with E-state index >= 15 is 0 Å². The molecule has 0 aromatic heterocycles. The van der Waals surface area contributed by atoms with Gasteiger partial charge in [0.2, 0.25) is 0 Å². The minimum atomic E-state index is -0.866. The van der Waals surface area contributed by atoms with Crippen LogP contribution in [-0.2, 0) is 4.79 Å². The summed E-state index contributed by atoms with van der Waals surface area (Å²) in [7, 11) is 3.08. The predicted molar refractivity (Wildman–Crippen MR) is 75.2 cm³/mol. The highest BCUT2D eigenvalue weighted by Gasteiger charge is 2.26. The second-order valence-corrected chi connectivity index (χ2v) is 5.57. The van der Waals surface area contributed by atoms with Gasteiger partial charge in [0.15, 0.2) is 11.5 Å². The van der Waals surface area contributed by atoms with Crippen LogP contribution >= 0.6 is 0 Å². The monoisotopic (exact) mass is 282 g/mol. The first-order valence-corrected chi connectivity index (χ1v) is 6.41. The van der Waals surface area contributed by atoms with E-state index in [1.165, 1.54) is 7.11 Å². The molecule has 0 aliphatic heterocycles. The molecule has 0 aliphatic rings. The van der Waals surface area contributed by atoms with Crippen molar-refractivity contribution in [2.75, 3.05) is 14.2 Å². The zero-order valence-corrected chi connectivity index (χ0v) is 12.3. The fraction of sp³-hybridized carbons (Fsp3) is 0.533. The summed E-state index contributed by atoms with van der Waals surface area (Å²) in [5.74, 6) is 0.267. The van der Waals surface area contributed by atoms with Crippen LogP contribution in [0.1, 0.15) is 38.4 Å². The van der Waals surface area contributed by atoms with Gasteiger partial charge in [-0.2, -0.15) is 0 Å². The number of aliphatic carboxylic acids is 1. The first-order valence-electron chi connectivity index (χ1n) is 6.41. The summed E-state index contributed by atoms with van der Waals surface area (Å²) in [4.78, 5) is 10.8. The first kappa shape index (κ1) is 16.3. The lowest BCUT2D eigenvalue weighted by Crippen LogP contribution is -2.20. The van der Waals surface area contributed by atoms with Gasteiger partial charge in [-0.15, -0.1) is 0 Å². The maximum Gasteiger partial charge on any atom is 0.303 e. The van der Waals surface area contributed by atoms with Crippen molar-refractivity contribution < 1.29 is 24.5 Å². The Hall–Kier alpha value is -1.75. The molecule has 0 amide bonds. The summed E-state index contributed by atoms with van der Waals surface area (Å²) in [6.45, 7) is 3.65. The minimum absolute atomic E-state index is 0.0113. The third-order valence-corrected chi connectivity index (χ3v) is 3.17. The van der Waals surface area contributed by atoms with Crippen molar-refractivity contribution in [2.45, 2.75) is 32.8 Å². The topological polar surface area (TPSA) is 76.0 Å². The molecule has 5 heteroatoms. The van der Waals surface area contributed by atoms with Crippen molar-refractivity contribution >= 4 is 5.97 Å². The number of hydrogen-bond acceptors (Lipinski definition) is 4. The molecule has 0 fully saturated rings. The SMILES string of the molecule is COc1ccc(C(O)CC(C)(C)CC(=O)O)cc1OC. The van der Waals surface area contributed by atoms with E-state index in [0.29, 0.717) is 23.5 Å². The Morgan fingerprint density at radius 2 is 1.85 bits per heavy atom. The molecule has 1 atom stereocenters. The summed E-state index contributed by atoms with van der Waals surface area (Å²) in [6, 6.07) is 5.19. The molecule has 1 unspecified atom stereocenters. The number of hydrogen-bond donors (Lipinski definition) is 2. The Morgan fingerprint density at radius 1 is 1.25 bits per heavy atom. The quantitative estimate of drug-likeness (QED) is 0.804. The number of benzene rings is 1. The highest BCUT2D eigenvalue weighted by molar-refractivity contribution is 5.67. The van der Waals surface area contributed by atoms with E-state index in [9.17, 15) is 9.90 Å². The van der Waals surface area contributed by atoms with Crippen LogP contribution in [0.25, 0.3) is 0 Å². The molecule has 1 rings (SSSR count). The zero-order valence-electron chi connectivity index (χ0n) is 12.3. The molecule has 1 aromatic carbocycles. The van der Waals surface area contributed by atoms with E-state index < -0.39 is 17.5 Å². The van der Waals surface area contributed by atoms with Gasteiger partial charge in [0.25, 0.3) is 0 Å². The second-order valence-electron chi connectivity index (χ2n) is 5.57. The van der Waals surface area contributed by atoms with Gasteiger partial charge in [-0.3, -0.25) is 4.79 Å². The molecule has 0 bridgehead atoms. The molecule has 0 saturated heterocycles. The molecule has 112 valence electrons. The van der Waals surface area contributed by atoms with Gasteiger partial charge in [-0.1, -0.05) is 19.9 Å². The molecule has 0 aliphatic carbocycles. The number of rotatable bonds is 7. The van der Waals surface area contributed by atoms with Gasteiger partial charge >= 0.3 is 5.97 Å². The van der Waals surface area contributed by atoms with Crippen LogP contribution in [0, 0.1) is 5.41 Å². The van der Waals surface area contributed by atoms with Crippen LogP contribution in [0.15, 0.2) is 18.2 Å². The molecule has 0 heterocycles. The number of ether oxygens (including phenoxy) is 2. The second kappa shape index (κ2) is 6.61. The number of aliphatic hydroxyl groups excluding tert-OH is 1. The number of carboxylic acids is 1. The van der Waals surface area contributed by atoms with Gasteiger partial charge in [-0.25, -0.2) is 0 Å². The molecule has 1 aromatic rings. The molecule has 0 saturated carbocycles. The normalized spacial score (nSPS) is 12.8. The Bertz CT molecular complexity index is 467. The van der Waals surface area contributed by atoms with Crippen molar-refractivity contribution in [3.63, 3.8) is 0 Å². The van der Waals surface area contributed by atoms with Crippen molar-refractivity contribution in [2.24, 2.45) is 5.41 Å². The van der Waals surface area contributed by atoms with Gasteiger partial charge in [0.1, 0.15) is 0 Å². The maximum absolute atomic E-state index is 10.8. The van der Waals surface area contributed by atoms with Crippen molar-refractivity contribution in [3.8, 4) is 11.5 Å². The summed E-state index contributed by atoms with van der Waals surface area (Å²) >= 11 is 0. The Balaban J connectivity index is 2.87. The van der Waals surface area contributed by atoms with Crippen LogP contribution in [0.4, 0.5) is 0 Å². The predicted octanol–water partition coefficient (Wildman–Crippen LogP) is 2.63. The summed E-state index contributed by atoms with van der Waals surface area (Å²) in [5, 5.41) is 19.1. The lowest BCUT2D eigenvalue weighted by atomic mass is 9.82. The third-order valence-electron chi connectivity index (χ3n) is 3.17. The van der Waals surface area contributed by atoms with Crippen LogP contribution in [0.5, 0.6) is 11.5 Å². The first-order chi connectivity index (χ1) is 9.29. The molecule has 20 heavy (non-hydrogen) atoms. The maximum atomic E-state index is 10.8. The Kier molecular flexibility index (Phi) is 5.39. The number of carbonyl (C=O) groups is 1. The zero-order chi connectivity index (χ0) is 15.3. The fourth-order valence-corrected chi connectivity index (χ4v) is 2.18. The van der Waals surface area contributed by atoms with Gasteiger partial charge in [0.05, 0.1) is 26.7 Å². The average molecular weight is 282 g/mol. The number of carboxylic acid groups (broad SMARTS) is 1. The van der Waals surface area contributed by atoms with Crippen molar-refractivity contribution in [1.29, 1.82) is 0 Å². The average Bonchev–Trinajstić information content (AvgIpc) is 2.35. The Labute approximate surface area is 119 Å². The largest absolute Gasteiger partial charge is 0.493 e. The number of methoxy groups -OCH3 is 2. The van der Waals surface area contributed by atoms with Gasteiger partial charge in [-0.05, 0) is 29.5 Å². The molecule has 0 radical (unpaired) electrons. The smallest absolute Gasteiger partial charge is 0.303 e. The van der Waals surface area contributed by atoms with Gasteiger partial charge < -0.3 is 19.7 Å². The molecule has 2 N–H and O–H groups in total. The van der Waals surface area contributed by atoms with E-state index in [1.54, 1.807) is 25.3 Å². The van der Waals surface area contributed by atoms with Crippen LogP contribution in [-0.4, -0.2) is 30.4 Å². The standard InChI is InChI=1S/C15H22O5/c1-15(2,9-14(17)18)8-11(16)10-5-6-12(19-3)13(7-10)20-4/h5-7,11,16H,8-9H2,1-4H3,(H,17,18). The van der Waals surface area contributed by atoms with Crippen molar-refractivity contribution in [3.05, 3.63) is 23.8 Å². The minimum Gasteiger partial charge on any atom is -0.493 e. The fourth-order valence-electron chi connectivity index (χ4n) is 2.18. The molecular formula is C15H22O5. The number of aliphatic hydroxyl groups is 1. The van der Waals surface area contributed by atoms with Gasteiger partial charge in [0, 0.05) is 0 Å².